The highest BCUT2D eigenvalue weighted by molar-refractivity contribution is 5.81. The van der Waals surface area contributed by atoms with Crippen molar-refractivity contribution in [2.45, 2.75) is 32.1 Å². The average Bonchev–Trinajstić information content (AvgIpc) is 2.72. The van der Waals surface area contributed by atoms with Gasteiger partial charge in [0.2, 0.25) is 5.91 Å². The molecule has 0 unspecified atom stereocenters. The molecule has 2 saturated heterocycles. The van der Waals surface area contributed by atoms with E-state index in [4.69, 9.17) is 9.84 Å². The molecule has 2 heterocycles. The molecule has 152 valence electrons. The van der Waals surface area contributed by atoms with E-state index in [9.17, 15) is 14.4 Å². The molecule has 1 aromatic carbocycles. The number of rotatable bonds is 6. The largest absolute Gasteiger partial charge is 0.484 e. The number of hydrogen-bond donors (Lipinski definition) is 1. The smallest absolute Gasteiger partial charge is 0.303 e. The molecule has 2 amide bonds. The number of ether oxygens (including phenoxy) is 1. The normalized spacial score (nSPS) is 18.7. The highest BCUT2D eigenvalue weighted by atomic mass is 16.5. The highest BCUT2D eigenvalue weighted by Crippen LogP contribution is 2.25. The van der Waals surface area contributed by atoms with Gasteiger partial charge >= 0.3 is 5.97 Å². The van der Waals surface area contributed by atoms with Crippen molar-refractivity contribution in [2.75, 3.05) is 32.8 Å². The molecule has 2 fully saturated rings. The summed E-state index contributed by atoms with van der Waals surface area (Å²) in [7, 11) is 0. The third-order valence-electron chi connectivity index (χ3n) is 5.69. The standard InChI is InChI=1S/C21H28N2O5/c24-19(15-28-18-4-2-1-3-5-18)22-12-8-17(9-13-22)21(27)23-10-6-16(7-11-23)14-20(25)26/h1-5,16-17H,6-15H2,(H,25,26). The third-order valence-corrected chi connectivity index (χ3v) is 5.69. The minimum atomic E-state index is -0.766. The molecule has 0 aliphatic carbocycles. The van der Waals surface area contributed by atoms with E-state index in [0.29, 0.717) is 44.8 Å². The molecule has 28 heavy (non-hydrogen) atoms. The van der Waals surface area contributed by atoms with Gasteiger partial charge in [0.05, 0.1) is 0 Å². The molecule has 0 radical (unpaired) electrons. The molecule has 2 aliphatic rings. The fraction of sp³-hybridized carbons (Fsp3) is 0.571. The van der Waals surface area contributed by atoms with Crippen LogP contribution in [0.5, 0.6) is 5.75 Å². The number of carbonyl (C=O) groups excluding carboxylic acids is 2. The summed E-state index contributed by atoms with van der Waals surface area (Å²) in [6.07, 6.45) is 3.04. The number of para-hydroxylation sites is 1. The van der Waals surface area contributed by atoms with Gasteiger partial charge in [-0.1, -0.05) is 18.2 Å². The van der Waals surface area contributed by atoms with Crippen LogP contribution < -0.4 is 4.74 Å². The van der Waals surface area contributed by atoms with Gasteiger partial charge in [-0.2, -0.15) is 0 Å². The summed E-state index contributed by atoms with van der Waals surface area (Å²) in [5.74, 6) is 0.136. The monoisotopic (exact) mass is 388 g/mol. The van der Waals surface area contributed by atoms with E-state index in [1.807, 2.05) is 35.2 Å². The Morgan fingerprint density at radius 2 is 1.54 bits per heavy atom. The first-order valence-electron chi connectivity index (χ1n) is 9.99. The van der Waals surface area contributed by atoms with E-state index in [-0.39, 0.29) is 36.7 Å². The number of likely N-dealkylation sites (tertiary alicyclic amines) is 2. The Kier molecular flexibility index (Phi) is 6.90. The minimum absolute atomic E-state index is 0.0136. The molecule has 0 aromatic heterocycles. The van der Waals surface area contributed by atoms with Crippen molar-refractivity contribution < 1.29 is 24.2 Å². The molecule has 3 rings (SSSR count). The first-order valence-corrected chi connectivity index (χ1v) is 9.99. The molecule has 0 spiro atoms. The molecule has 0 saturated carbocycles. The van der Waals surface area contributed by atoms with Gasteiger partial charge in [-0.3, -0.25) is 14.4 Å². The van der Waals surface area contributed by atoms with Crippen LogP contribution in [0.15, 0.2) is 30.3 Å². The van der Waals surface area contributed by atoms with E-state index in [1.165, 1.54) is 0 Å². The summed E-state index contributed by atoms with van der Waals surface area (Å²) in [4.78, 5) is 39.5. The maximum Gasteiger partial charge on any atom is 0.303 e. The zero-order valence-electron chi connectivity index (χ0n) is 16.1. The second kappa shape index (κ2) is 9.57. The summed E-state index contributed by atoms with van der Waals surface area (Å²) in [6, 6.07) is 9.25. The lowest BCUT2D eigenvalue weighted by Crippen LogP contribution is -2.47. The van der Waals surface area contributed by atoms with Crippen LogP contribution in [0.4, 0.5) is 0 Å². The van der Waals surface area contributed by atoms with Crippen molar-refractivity contribution in [3.63, 3.8) is 0 Å². The number of aliphatic carboxylic acids is 1. The van der Waals surface area contributed by atoms with Crippen LogP contribution in [0.25, 0.3) is 0 Å². The lowest BCUT2D eigenvalue weighted by molar-refractivity contribution is -0.143. The van der Waals surface area contributed by atoms with Crippen LogP contribution in [-0.2, 0) is 14.4 Å². The molecule has 2 aliphatic heterocycles. The number of nitrogens with zero attached hydrogens (tertiary/aromatic N) is 2. The quantitative estimate of drug-likeness (QED) is 0.806. The topological polar surface area (TPSA) is 87.2 Å². The summed E-state index contributed by atoms with van der Waals surface area (Å²) in [5, 5.41) is 8.90. The first-order chi connectivity index (χ1) is 13.5. The van der Waals surface area contributed by atoms with Crippen molar-refractivity contribution in [2.24, 2.45) is 11.8 Å². The second-order valence-electron chi connectivity index (χ2n) is 7.62. The predicted molar refractivity (Wildman–Crippen MR) is 103 cm³/mol. The van der Waals surface area contributed by atoms with Crippen molar-refractivity contribution >= 4 is 17.8 Å². The molecule has 7 heteroatoms. The SMILES string of the molecule is O=C(O)CC1CCN(C(=O)C2CCN(C(=O)COc3ccccc3)CC2)CC1. The lowest BCUT2D eigenvalue weighted by Gasteiger charge is -2.37. The Balaban J connectivity index is 1.39. The third kappa shape index (κ3) is 5.47. The first kappa shape index (κ1) is 20.2. The Morgan fingerprint density at radius 3 is 2.14 bits per heavy atom. The van der Waals surface area contributed by atoms with Gasteiger partial charge in [-0.25, -0.2) is 0 Å². The van der Waals surface area contributed by atoms with Crippen LogP contribution in [0.3, 0.4) is 0 Å². The van der Waals surface area contributed by atoms with Gasteiger partial charge in [0.15, 0.2) is 6.61 Å². The van der Waals surface area contributed by atoms with Crippen LogP contribution in [0, 0.1) is 11.8 Å². The van der Waals surface area contributed by atoms with Gasteiger partial charge < -0.3 is 19.6 Å². The second-order valence-corrected chi connectivity index (χ2v) is 7.62. The van der Waals surface area contributed by atoms with Gasteiger partial charge in [-0.15, -0.1) is 0 Å². The summed E-state index contributed by atoms with van der Waals surface area (Å²) in [6.45, 7) is 2.44. The van der Waals surface area contributed by atoms with Gasteiger partial charge in [0.25, 0.3) is 5.91 Å². The number of piperidine rings is 2. The minimum Gasteiger partial charge on any atom is -0.484 e. The fourth-order valence-electron chi connectivity index (χ4n) is 3.99. The van der Waals surface area contributed by atoms with Gasteiger partial charge in [0.1, 0.15) is 5.75 Å². The van der Waals surface area contributed by atoms with Crippen LogP contribution >= 0.6 is 0 Å². The van der Waals surface area contributed by atoms with Crippen LogP contribution in [0.1, 0.15) is 32.1 Å². The van der Waals surface area contributed by atoms with E-state index >= 15 is 0 Å². The van der Waals surface area contributed by atoms with E-state index in [2.05, 4.69) is 0 Å². The number of carbonyl (C=O) groups is 3. The molecular formula is C21H28N2O5. The summed E-state index contributed by atoms with van der Waals surface area (Å²) >= 11 is 0. The van der Waals surface area contributed by atoms with Gasteiger partial charge in [-0.05, 0) is 43.7 Å². The van der Waals surface area contributed by atoms with E-state index < -0.39 is 5.97 Å². The fourth-order valence-corrected chi connectivity index (χ4v) is 3.99. The molecular weight excluding hydrogens is 360 g/mol. The maximum atomic E-state index is 12.8. The average molecular weight is 388 g/mol. The number of carboxylic acid groups (broad SMARTS) is 1. The molecule has 7 nitrogen and oxygen atoms in total. The van der Waals surface area contributed by atoms with Crippen LogP contribution in [-0.4, -0.2) is 65.5 Å². The Morgan fingerprint density at radius 1 is 0.929 bits per heavy atom. The maximum absolute atomic E-state index is 12.8. The highest BCUT2D eigenvalue weighted by Gasteiger charge is 2.32. The number of carboxylic acids is 1. The Bertz CT molecular complexity index is 677. The summed E-state index contributed by atoms with van der Waals surface area (Å²) < 4.78 is 5.52. The van der Waals surface area contributed by atoms with E-state index in [1.54, 1.807) is 4.90 Å². The predicted octanol–water partition coefficient (Wildman–Crippen LogP) is 2.02. The zero-order valence-corrected chi connectivity index (χ0v) is 16.1. The van der Waals surface area contributed by atoms with Crippen molar-refractivity contribution in [1.29, 1.82) is 0 Å². The molecule has 0 atom stereocenters. The zero-order chi connectivity index (χ0) is 19.9. The van der Waals surface area contributed by atoms with Crippen molar-refractivity contribution in [3.05, 3.63) is 30.3 Å². The summed E-state index contributed by atoms with van der Waals surface area (Å²) in [5.41, 5.74) is 0. The van der Waals surface area contributed by atoms with Crippen LogP contribution in [0.2, 0.25) is 0 Å². The molecule has 1 N–H and O–H groups in total. The number of benzene rings is 1. The lowest BCUT2D eigenvalue weighted by atomic mass is 9.90. The van der Waals surface area contributed by atoms with Crippen molar-refractivity contribution in [3.8, 4) is 5.75 Å². The molecule has 1 aromatic rings. The molecule has 0 bridgehead atoms. The Labute approximate surface area is 165 Å². The van der Waals surface area contributed by atoms with Crippen molar-refractivity contribution in [1.82, 2.24) is 9.80 Å². The Hall–Kier alpha value is -2.57. The van der Waals surface area contributed by atoms with E-state index in [0.717, 1.165) is 12.8 Å². The number of amides is 2. The number of hydrogen-bond acceptors (Lipinski definition) is 4. The van der Waals surface area contributed by atoms with Gasteiger partial charge in [0, 0.05) is 38.5 Å².